The summed E-state index contributed by atoms with van der Waals surface area (Å²) in [4.78, 5) is 39.6. The number of carbonyl (C=O) groups is 2. The Morgan fingerprint density at radius 3 is 2.70 bits per heavy atom. The van der Waals surface area contributed by atoms with Gasteiger partial charge in [0.25, 0.3) is 0 Å². The molecular weight excluding hydrogens is 362 g/mol. The maximum absolute atomic E-state index is 12.3. The smallest absolute Gasteiger partial charge is 0.462 e. The fourth-order valence-electron chi connectivity index (χ4n) is 4.29. The van der Waals surface area contributed by atoms with Crippen LogP contribution in [0.5, 0.6) is 0 Å². The summed E-state index contributed by atoms with van der Waals surface area (Å²) in [6.07, 6.45) is -0.322. The normalized spacial score (nSPS) is 38.1. The number of fused-ring (bicyclic) bond motifs is 1. The molecule has 5 fully saturated rings. The van der Waals surface area contributed by atoms with Crippen molar-refractivity contribution >= 4 is 17.9 Å². The first-order chi connectivity index (χ1) is 13.0. The van der Waals surface area contributed by atoms with Gasteiger partial charge >= 0.3 is 17.8 Å². The molecule has 5 aliphatic rings. The third-order valence-corrected chi connectivity index (χ3v) is 5.82. The van der Waals surface area contributed by atoms with Crippen molar-refractivity contribution < 1.29 is 33.7 Å². The van der Waals surface area contributed by atoms with Gasteiger partial charge in [0.1, 0.15) is 12.7 Å². The zero-order valence-electron chi connectivity index (χ0n) is 14.1. The molecule has 11 nitrogen and oxygen atoms in total. The fraction of sp³-hybridized carbons (Fsp3) is 0.625. The van der Waals surface area contributed by atoms with Gasteiger partial charge in [0.15, 0.2) is 24.3 Å². The van der Waals surface area contributed by atoms with E-state index in [9.17, 15) is 14.4 Å². The predicted octanol–water partition coefficient (Wildman–Crippen LogP) is 0.189. The highest BCUT2D eigenvalue weighted by Crippen LogP contribution is 2.64. The highest BCUT2D eigenvalue weighted by Gasteiger charge is 2.63. The first-order valence-corrected chi connectivity index (χ1v) is 8.68. The van der Waals surface area contributed by atoms with E-state index in [0.29, 0.717) is 5.92 Å². The summed E-state index contributed by atoms with van der Waals surface area (Å²) in [5.74, 6) is 0.361. The zero-order chi connectivity index (χ0) is 18.8. The summed E-state index contributed by atoms with van der Waals surface area (Å²) < 4.78 is 22.6. The van der Waals surface area contributed by atoms with Gasteiger partial charge in [-0.05, 0) is 31.2 Å². The van der Waals surface area contributed by atoms with Crippen LogP contribution in [0.4, 0.5) is 10.6 Å². The van der Waals surface area contributed by atoms with Crippen LogP contribution in [0.2, 0.25) is 0 Å². The quantitative estimate of drug-likeness (QED) is 0.538. The number of nitrogens with zero attached hydrogens (tertiary/aromatic N) is 2. The lowest BCUT2D eigenvalue weighted by Gasteiger charge is -2.59. The molecule has 4 atom stereocenters. The van der Waals surface area contributed by atoms with Crippen molar-refractivity contribution in [3.63, 3.8) is 0 Å². The topological polar surface area (TPSA) is 138 Å². The molecule has 0 unspecified atom stereocenters. The van der Waals surface area contributed by atoms with Gasteiger partial charge in [-0.25, -0.2) is 9.59 Å². The number of hydrogen-bond acceptors (Lipinski definition) is 10. The molecule has 1 aromatic rings. The molecule has 0 radical (unpaired) electrons. The van der Waals surface area contributed by atoms with E-state index in [1.807, 2.05) is 0 Å². The van der Waals surface area contributed by atoms with Gasteiger partial charge in [0.2, 0.25) is 0 Å². The Hall–Kier alpha value is -2.66. The first kappa shape index (κ1) is 16.5. The molecule has 1 aromatic heterocycles. The van der Waals surface area contributed by atoms with Crippen LogP contribution in [0.1, 0.15) is 25.5 Å². The van der Waals surface area contributed by atoms with Crippen LogP contribution in [-0.4, -0.2) is 51.8 Å². The lowest BCUT2D eigenvalue weighted by Crippen LogP contribution is -2.57. The minimum atomic E-state index is -0.979. The second-order valence-electron chi connectivity index (χ2n) is 7.45. The predicted molar refractivity (Wildman–Crippen MR) is 83.7 cm³/mol. The molecule has 2 bridgehead atoms. The van der Waals surface area contributed by atoms with E-state index in [1.54, 1.807) is 5.48 Å². The van der Waals surface area contributed by atoms with Crippen molar-refractivity contribution in [3.05, 3.63) is 22.7 Å². The number of rotatable bonds is 5. The molecule has 2 aliphatic heterocycles. The van der Waals surface area contributed by atoms with Gasteiger partial charge in [-0.2, -0.15) is 4.98 Å². The number of aromatic nitrogens is 2. The maximum atomic E-state index is 12.3. The van der Waals surface area contributed by atoms with Gasteiger partial charge in [-0.15, -0.1) is 0 Å². The summed E-state index contributed by atoms with van der Waals surface area (Å²) in [7, 11) is 0. The van der Waals surface area contributed by atoms with Crippen LogP contribution in [0.15, 0.2) is 17.1 Å². The molecule has 6 rings (SSSR count). The van der Waals surface area contributed by atoms with Crippen LogP contribution in [0.25, 0.3) is 0 Å². The molecule has 144 valence electrons. The average Bonchev–Trinajstić information content (AvgIpc) is 3.08. The Labute approximate surface area is 152 Å². The molecule has 2 saturated heterocycles. The number of hydrogen-bond donors (Lipinski definition) is 2. The van der Waals surface area contributed by atoms with E-state index < -0.39 is 36.4 Å². The number of nitrogens with one attached hydrogen (secondary N) is 1. The molecule has 3 heterocycles. The largest absolute Gasteiger partial charge is 0.509 e. The third-order valence-electron chi connectivity index (χ3n) is 5.82. The van der Waals surface area contributed by atoms with Crippen LogP contribution in [0.3, 0.4) is 0 Å². The summed E-state index contributed by atoms with van der Waals surface area (Å²) >= 11 is 0. The van der Waals surface area contributed by atoms with Gasteiger partial charge < -0.3 is 18.9 Å². The van der Waals surface area contributed by atoms with Crippen LogP contribution in [0, 0.1) is 11.3 Å². The third kappa shape index (κ3) is 2.42. The van der Waals surface area contributed by atoms with Gasteiger partial charge in [-0.1, -0.05) is 0 Å². The maximum Gasteiger partial charge on any atom is 0.509 e. The number of carbonyl (C=O) groups excluding carboxylic acids is 2. The Kier molecular flexibility index (Phi) is 3.46. The Balaban J connectivity index is 1.32. The van der Waals surface area contributed by atoms with Crippen molar-refractivity contribution in [3.8, 4) is 0 Å². The molecule has 0 aromatic carbocycles. The average molecular weight is 379 g/mol. The number of ether oxygens (including phenoxy) is 4. The van der Waals surface area contributed by atoms with E-state index in [-0.39, 0.29) is 23.8 Å². The molecule has 11 heteroatoms. The van der Waals surface area contributed by atoms with E-state index in [0.717, 1.165) is 23.8 Å². The van der Waals surface area contributed by atoms with E-state index in [1.165, 1.54) is 12.3 Å². The molecule has 0 amide bonds. The highest BCUT2D eigenvalue weighted by molar-refractivity contribution is 5.80. The van der Waals surface area contributed by atoms with Crippen molar-refractivity contribution in [1.29, 1.82) is 0 Å². The van der Waals surface area contributed by atoms with Crippen LogP contribution in [-0.2, 0) is 23.7 Å². The lowest BCUT2D eigenvalue weighted by atomic mass is 9.44. The van der Waals surface area contributed by atoms with Gasteiger partial charge in [0, 0.05) is 6.20 Å². The van der Waals surface area contributed by atoms with Crippen molar-refractivity contribution in [2.24, 2.45) is 11.3 Å². The Bertz CT molecular complexity index is 852. The second-order valence-corrected chi connectivity index (χ2v) is 7.45. The standard InChI is InChI=1S/C16H17N3O8/c20-13(16-3-7(4-16)5-16)24-6-8-10-11(27-15(22)26-10)12(25-8)19-2-1-9(18-23)17-14(19)21/h1-2,7-8,10-12,23H,3-6H2,(H,17,18,21)/t7?,8-,10-,11-,12-,16?/m1/s1. The second kappa shape index (κ2) is 5.67. The zero-order valence-corrected chi connectivity index (χ0v) is 14.1. The van der Waals surface area contributed by atoms with Crippen LogP contribution >= 0.6 is 0 Å². The minimum Gasteiger partial charge on any atom is -0.462 e. The summed E-state index contributed by atoms with van der Waals surface area (Å²) in [6, 6.07) is 1.35. The Morgan fingerprint density at radius 2 is 2.07 bits per heavy atom. The first-order valence-electron chi connectivity index (χ1n) is 8.68. The van der Waals surface area contributed by atoms with Crippen LogP contribution < -0.4 is 11.2 Å². The van der Waals surface area contributed by atoms with Gasteiger partial charge in [0.05, 0.1) is 5.41 Å². The van der Waals surface area contributed by atoms with Crippen molar-refractivity contribution in [2.45, 2.75) is 43.8 Å². The van der Waals surface area contributed by atoms with E-state index in [2.05, 4.69) is 4.98 Å². The monoisotopic (exact) mass is 379 g/mol. The summed E-state index contributed by atoms with van der Waals surface area (Å²) in [5, 5.41) is 8.83. The number of anilines is 1. The van der Waals surface area contributed by atoms with E-state index >= 15 is 0 Å². The Morgan fingerprint density at radius 1 is 1.33 bits per heavy atom. The lowest BCUT2D eigenvalue weighted by molar-refractivity contribution is -0.196. The molecule has 3 aliphatic carbocycles. The molecule has 27 heavy (non-hydrogen) atoms. The molecule has 3 saturated carbocycles. The highest BCUT2D eigenvalue weighted by atomic mass is 16.8. The van der Waals surface area contributed by atoms with E-state index in [4.69, 9.17) is 24.2 Å². The SMILES string of the molecule is O=C1O[C@@H]2[C@H](O1)[C@@H](COC(=O)C13CC(C1)C3)O[C@H]2n1ccc(NO)nc1=O. The van der Waals surface area contributed by atoms with Gasteiger partial charge in [-0.3, -0.25) is 20.0 Å². The summed E-state index contributed by atoms with van der Waals surface area (Å²) in [5.41, 5.74) is 0.727. The van der Waals surface area contributed by atoms with Crippen molar-refractivity contribution in [1.82, 2.24) is 9.55 Å². The molecule has 2 N–H and O–H groups in total. The number of esters is 1. The van der Waals surface area contributed by atoms with Crippen molar-refractivity contribution in [2.75, 3.05) is 12.1 Å². The molecule has 0 spiro atoms. The summed E-state index contributed by atoms with van der Waals surface area (Å²) in [6.45, 7) is -0.0992. The minimum absolute atomic E-state index is 0.0329. The molecular formula is C16H17N3O8. The fourth-order valence-corrected chi connectivity index (χ4v) is 4.29.